The van der Waals surface area contributed by atoms with Crippen LogP contribution in [-0.4, -0.2) is 46.8 Å². The third-order valence-electron chi connectivity index (χ3n) is 5.17. The van der Waals surface area contributed by atoms with Gasteiger partial charge < -0.3 is 21.5 Å². The summed E-state index contributed by atoms with van der Waals surface area (Å²) >= 11 is 0. The monoisotopic (exact) mass is 446 g/mol. The van der Waals surface area contributed by atoms with Gasteiger partial charge in [0.1, 0.15) is 5.75 Å². The Bertz CT molecular complexity index is 1120. The van der Waals surface area contributed by atoms with E-state index in [1.165, 1.54) is 30.3 Å². The molecular formula is C25H26N4O4. The second-order valence-electron chi connectivity index (χ2n) is 7.69. The zero-order valence-corrected chi connectivity index (χ0v) is 18.2. The molecule has 2 amide bonds. The third kappa shape index (κ3) is 6.47. The number of aryl methyl sites for hydroxylation is 1. The Labute approximate surface area is 191 Å². The van der Waals surface area contributed by atoms with E-state index >= 15 is 0 Å². The molecule has 5 N–H and O–H groups in total. The minimum atomic E-state index is -0.544. The molecular weight excluding hydrogens is 420 g/mol. The number of primary amides is 1. The van der Waals surface area contributed by atoms with Crippen molar-refractivity contribution in [2.45, 2.75) is 19.4 Å². The van der Waals surface area contributed by atoms with Gasteiger partial charge in [0.25, 0.3) is 5.91 Å². The van der Waals surface area contributed by atoms with Crippen molar-refractivity contribution < 1.29 is 19.5 Å². The number of aromatic nitrogens is 1. The zero-order chi connectivity index (χ0) is 23.8. The number of hydrogen-bond donors (Lipinski definition) is 4. The average molecular weight is 447 g/mol. The predicted octanol–water partition coefficient (Wildman–Crippen LogP) is 2.20. The van der Waals surface area contributed by atoms with Crippen LogP contribution in [0.25, 0.3) is 0 Å². The van der Waals surface area contributed by atoms with Gasteiger partial charge >= 0.3 is 0 Å². The lowest BCUT2D eigenvalue weighted by atomic mass is 10.00. The second kappa shape index (κ2) is 11.0. The number of carbonyl (C=O) groups is 3. The van der Waals surface area contributed by atoms with Crippen LogP contribution in [0.5, 0.6) is 5.75 Å². The standard InChI is InChI=1S/C15H13NO3.C10H13N3O/c1-9-2-7-12(13(17)8-9)14(18)10-3-5-11(6-4-10)15(16)19;14-10(8-1-4-11-5-2-8)13-9-3-6-12-7-9/h2-8,17H,1H3,(H2,16,19);1-2,4-5,9,12H,3,6-7H2,(H,13,14)/t;9-/m.0/s1. The Balaban J connectivity index is 0.000000194. The first-order chi connectivity index (χ1) is 15.8. The summed E-state index contributed by atoms with van der Waals surface area (Å²) in [6.07, 6.45) is 4.26. The number of phenols is 1. The van der Waals surface area contributed by atoms with E-state index in [0.717, 1.165) is 25.1 Å². The van der Waals surface area contributed by atoms with Crippen LogP contribution in [0.15, 0.2) is 67.0 Å². The van der Waals surface area contributed by atoms with E-state index in [1.54, 1.807) is 36.7 Å². The van der Waals surface area contributed by atoms with Crippen LogP contribution in [0.4, 0.5) is 0 Å². The topological polar surface area (TPSA) is 134 Å². The van der Waals surface area contributed by atoms with E-state index in [4.69, 9.17) is 5.73 Å². The SMILES string of the molecule is Cc1ccc(C(=O)c2ccc(C(N)=O)cc2)c(O)c1.O=C(N[C@H]1CCNC1)c1ccncc1. The van der Waals surface area contributed by atoms with Crippen LogP contribution in [-0.2, 0) is 0 Å². The molecule has 1 atom stereocenters. The molecule has 1 fully saturated rings. The minimum absolute atomic E-state index is 0.0129. The van der Waals surface area contributed by atoms with E-state index in [9.17, 15) is 19.5 Å². The number of amides is 2. The number of carbonyl (C=O) groups excluding carboxylic acids is 3. The summed E-state index contributed by atoms with van der Waals surface area (Å²) < 4.78 is 0. The molecule has 0 radical (unpaired) electrons. The van der Waals surface area contributed by atoms with Crippen molar-refractivity contribution in [2.75, 3.05) is 13.1 Å². The normalized spacial score (nSPS) is 14.6. The summed E-state index contributed by atoms with van der Waals surface area (Å²) in [5.74, 6) is -0.907. The van der Waals surface area contributed by atoms with E-state index < -0.39 is 5.91 Å². The van der Waals surface area contributed by atoms with Gasteiger partial charge in [-0.15, -0.1) is 0 Å². The average Bonchev–Trinajstić information content (AvgIpc) is 3.33. The van der Waals surface area contributed by atoms with Crippen LogP contribution in [0.2, 0.25) is 0 Å². The van der Waals surface area contributed by atoms with Gasteiger partial charge in [-0.05, 0) is 61.9 Å². The highest BCUT2D eigenvalue weighted by molar-refractivity contribution is 6.11. The van der Waals surface area contributed by atoms with Crippen LogP contribution in [0.3, 0.4) is 0 Å². The summed E-state index contributed by atoms with van der Waals surface area (Å²) in [6.45, 7) is 3.69. The van der Waals surface area contributed by atoms with Gasteiger partial charge in [-0.1, -0.05) is 18.2 Å². The van der Waals surface area contributed by atoms with Crippen molar-refractivity contribution >= 4 is 17.6 Å². The fourth-order valence-electron chi connectivity index (χ4n) is 3.32. The van der Waals surface area contributed by atoms with Gasteiger partial charge in [-0.2, -0.15) is 0 Å². The quantitative estimate of drug-likeness (QED) is 0.444. The molecule has 4 rings (SSSR count). The molecule has 0 spiro atoms. The molecule has 170 valence electrons. The molecule has 1 aliphatic rings. The Morgan fingerprint density at radius 1 is 1.00 bits per heavy atom. The first kappa shape index (κ1) is 23.6. The van der Waals surface area contributed by atoms with E-state index in [2.05, 4.69) is 15.6 Å². The van der Waals surface area contributed by atoms with E-state index in [1.807, 2.05) is 6.92 Å². The van der Waals surface area contributed by atoms with Gasteiger partial charge in [0.2, 0.25) is 5.91 Å². The number of rotatable bonds is 5. The largest absolute Gasteiger partial charge is 0.507 e. The van der Waals surface area contributed by atoms with Crippen molar-refractivity contribution in [3.05, 3.63) is 94.8 Å². The Morgan fingerprint density at radius 3 is 2.24 bits per heavy atom. The lowest BCUT2D eigenvalue weighted by Gasteiger charge is -2.10. The molecule has 1 aliphatic heterocycles. The number of nitrogens with one attached hydrogen (secondary N) is 2. The van der Waals surface area contributed by atoms with Crippen molar-refractivity contribution in [1.29, 1.82) is 0 Å². The van der Waals surface area contributed by atoms with Crippen LogP contribution in [0.1, 0.15) is 48.6 Å². The molecule has 0 unspecified atom stereocenters. The molecule has 33 heavy (non-hydrogen) atoms. The summed E-state index contributed by atoms with van der Waals surface area (Å²) in [4.78, 5) is 38.6. The second-order valence-corrected chi connectivity index (χ2v) is 7.69. The number of benzene rings is 2. The highest BCUT2D eigenvalue weighted by Gasteiger charge is 2.17. The number of ketones is 1. The van der Waals surface area contributed by atoms with Gasteiger partial charge in [-0.3, -0.25) is 19.4 Å². The zero-order valence-electron chi connectivity index (χ0n) is 18.2. The number of hydrogen-bond acceptors (Lipinski definition) is 6. The highest BCUT2D eigenvalue weighted by Crippen LogP contribution is 2.22. The van der Waals surface area contributed by atoms with E-state index in [-0.39, 0.29) is 29.0 Å². The summed E-state index contributed by atoms with van der Waals surface area (Å²) in [7, 11) is 0. The van der Waals surface area contributed by atoms with Crippen molar-refractivity contribution in [1.82, 2.24) is 15.6 Å². The smallest absolute Gasteiger partial charge is 0.251 e. The Hall–Kier alpha value is -4.04. The fourth-order valence-corrected chi connectivity index (χ4v) is 3.32. The van der Waals surface area contributed by atoms with Gasteiger partial charge in [-0.25, -0.2) is 0 Å². The van der Waals surface area contributed by atoms with Crippen molar-refractivity contribution in [3.8, 4) is 5.75 Å². The first-order valence-corrected chi connectivity index (χ1v) is 10.5. The molecule has 3 aromatic rings. The summed E-state index contributed by atoms with van der Waals surface area (Å²) in [5, 5.41) is 15.9. The van der Waals surface area contributed by atoms with Crippen LogP contribution in [0, 0.1) is 6.92 Å². The number of phenolic OH excluding ortho intramolecular Hbond substituents is 1. The highest BCUT2D eigenvalue weighted by atomic mass is 16.3. The molecule has 1 saturated heterocycles. The summed E-state index contributed by atoms with van der Waals surface area (Å²) in [5.41, 5.74) is 7.64. The number of nitrogens with two attached hydrogens (primary N) is 1. The third-order valence-corrected chi connectivity index (χ3v) is 5.17. The maximum Gasteiger partial charge on any atom is 0.251 e. The van der Waals surface area contributed by atoms with Gasteiger partial charge in [0.05, 0.1) is 5.56 Å². The maximum atomic E-state index is 12.2. The number of nitrogens with zero attached hydrogens (tertiary/aromatic N) is 1. The molecule has 1 aromatic heterocycles. The lowest BCUT2D eigenvalue weighted by Crippen LogP contribution is -2.36. The molecule has 8 nitrogen and oxygen atoms in total. The molecule has 0 aliphatic carbocycles. The molecule has 2 heterocycles. The van der Waals surface area contributed by atoms with Crippen LogP contribution >= 0.6 is 0 Å². The number of aromatic hydroxyl groups is 1. The van der Waals surface area contributed by atoms with Crippen LogP contribution < -0.4 is 16.4 Å². The summed E-state index contributed by atoms with van der Waals surface area (Å²) in [6, 6.07) is 14.6. The Kier molecular flexibility index (Phi) is 7.88. The van der Waals surface area contributed by atoms with Gasteiger partial charge in [0, 0.05) is 41.7 Å². The van der Waals surface area contributed by atoms with E-state index in [0.29, 0.717) is 16.7 Å². The van der Waals surface area contributed by atoms with Crippen molar-refractivity contribution in [2.24, 2.45) is 5.73 Å². The molecule has 0 saturated carbocycles. The Morgan fingerprint density at radius 2 is 1.67 bits per heavy atom. The first-order valence-electron chi connectivity index (χ1n) is 10.5. The maximum absolute atomic E-state index is 12.2. The lowest BCUT2D eigenvalue weighted by molar-refractivity contribution is 0.0938. The molecule has 8 heteroatoms. The van der Waals surface area contributed by atoms with Crippen molar-refractivity contribution in [3.63, 3.8) is 0 Å². The predicted molar refractivity (Wildman–Crippen MR) is 124 cm³/mol. The van der Waals surface area contributed by atoms with Gasteiger partial charge in [0.15, 0.2) is 5.78 Å². The molecule has 2 aromatic carbocycles. The minimum Gasteiger partial charge on any atom is -0.507 e. The fraction of sp³-hybridized carbons (Fsp3) is 0.200. The number of pyridine rings is 1. The molecule has 0 bridgehead atoms.